The first-order valence-corrected chi connectivity index (χ1v) is 9.94. The van der Waals surface area contributed by atoms with Crippen LogP contribution in [-0.4, -0.2) is 44.7 Å². The van der Waals surface area contributed by atoms with E-state index in [1.165, 1.54) is 17.0 Å². The zero-order valence-corrected chi connectivity index (χ0v) is 17.6. The summed E-state index contributed by atoms with van der Waals surface area (Å²) >= 11 is 0. The number of ketones is 1. The molecule has 2 aromatic rings. The normalized spacial score (nSPS) is 19.8. The van der Waals surface area contributed by atoms with E-state index in [9.17, 15) is 9.59 Å². The standard InChI is InChI=1S/C23H31N3O2/c1-16-7-6-8-20(11-16)13-26(19(4)28)22-12-23(18(3)27)25(15-22)14-21-10-9-17(2)24(21)5/h6-11,22-23H,12-15H2,1-5H3. The molecule has 3 rings (SSSR count). The van der Waals surface area contributed by atoms with Crippen molar-refractivity contribution < 1.29 is 9.59 Å². The molecule has 1 saturated heterocycles. The molecule has 0 saturated carbocycles. The van der Waals surface area contributed by atoms with Crippen LogP contribution in [0.4, 0.5) is 0 Å². The zero-order chi connectivity index (χ0) is 20.4. The fraction of sp³-hybridized carbons (Fsp3) is 0.478. The first kappa shape index (κ1) is 20.3. The van der Waals surface area contributed by atoms with Crippen molar-refractivity contribution in [1.29, 1.82) is 0 Å². The molecule has 1 aromatic heterocycles. The summed E-state index contributed by atoms with van der Waals surface area (Å²) in [6.45, 7) is 9.46. The molecular weight excluding hydrogens is 350 g/mol. The lowest BCUT2D eigenvalue weighted by Gasteiger charge is -2.28. The van der Waals surface area contributed by atoms with Gasteiger partial charge < -0.3 is 9.47 Å². The minimum atomic E-state index is -0.139. The quantitative estimate of drug-likeness (QED) is 0.772. The van der Waals surface area contributed by atoms with Crippen LogP contribution in [0.5, 0.6) is 0 Å². The molecule has 2 unspecified atom stereocenters. The van der Waals surface area contributed by atoms with E-state index in [1.807, 2.05) is 11.0 Å². The molecular formula is C23H31N3O2. The summed E-state index contributed by atoms with van der Waals surface area (Å²) in [4.78, 5) is 28.9. The molecule has 28 heavy (non-hydrogen) atoms. The van der Waals surface area contributed by atoms with Crippen LogP contribution in [0.1, 0.15) is 42.8 Å². The summed E-state index contributed by atoms with van der Waals surface area (Å²) in [5, 5.41) is 0. The Hall–Kier alpha value is -2.40. The smallest absolute Gasteiger partial charge is 0.220 e. The zero-order valence-electron chi connectivity index (χ0n) is 17.6. The van der Waals surface area contributed by atoms with E-state index in [-0.39, 0.29) is 23.8 Å². The summed E-state index contributed by atoms with van der Waals surface area (Å²) in [7, 11) is 2.06. The number of carbonyl (C=O) groups is 2. The van der Waals surface area contributed by atoms with Gasteiger partial charge in [-0.15, -0.1) is 0 Å². The van der Waals surface area contributed by atoms with Crippen LogP contribution in [0.25, 0.3) is 0 Å². The van der Waals surface area contributed by atoms with E-state index in [0.717, 1.165) is 18.7 Å². The molecule has 0 bridgehead atoms. The van der Waals surface area contributed by atoms with Gasteiger partial charge in [0.15, 0.2) is 0 Å². The highest BCUT2D eigenvalue weighted by Crippen LogP contribution is 2.27. The van der Waals surface area contributed by atoms with Crippen molar-refractivity contribution in [2.45, 2.75) is 59.3 Å². The van der Waals surface area contributed by atoms with Gasteiger partial charge in [-0.1, -0.05) is 29.8 Å². The van der Waals surface area contributed by atoms with Crippen molar-refractivity contribution in [2.75, 3.05) is 6.54 Å². The topological polar surface area (TPSA) is 45.6 Å². The van der Waals surface area contributed by atoms with Crippen molar-refractivity contribution in [3.63, 3.8) is 0 Å². The maximum absolute atomic E-state index is 12.4. The maximum atomic E-state index is 12.4. The van der Waals surface area contributed by atoms with Crippen molar-refractivity contribution >= 4 is 11.7 Å². The molecule has 0 spiro atoms. The predicted octanol–water partition coefficient (Wildman–Crippen LogP) is 3.22. The van der Waals surface area contributed by atoms with Gasteiger partial charge in [0.1, 0.15) is 5.78 Å². The van der Waals surface area contributed by atoms with Gasteiger partial charge in [-0.05, 0) is 44.9 Å². The fourth-order valence-electron chi connectivity index (χ4n) is 4.24. The molecule has 1 fully saturated rings. The van der Waals surface area contributed by atoms with Gasteiger partial charge in [-0.25, -0.2) is 0 Å². The number of hydrogen-bond donors (Lipinski definition) is 0. The molecule has 1 amide bonds. The van der Waals surface area contributed by atoms with Crippen LogP contribution < -0.4 is 0 Å². The number of amides is 1. The number of likely N-dealkylation sites (tertiary alicyclic amines) is 1. The van der Waals surface area contributed by atoms with Gasteiger partial charge in [0, 0.05) is 51.0 Å². The van der Waals surface area contributed by atoms with E-state index in [0.29, 0.717) is 13.0 Å². The highest BCUT2D eigenvalue weighted by molar-refractivity contribution is 5.82. The van der Waals surface area contributed by atoms with Crippen LogP contribution in [-0.2, 0) is 29.7 Å². The third kappa shape index (κ3) is 4.36. The van der Waals surface area contributed by atoms with E-state index in [1.54, 1.807) is 13.8 Å². The van der Waals surface area contributed by atoms with Crippen molar-refractivity contribution in [1.82, 2.24) is 14.4 Å². The second kappa shape index (κ2) is 8.31. The Morgan fingerprint density at radius 2 is 1.89 bits per heavy atom. The van der Waals surface area contributed by atoms with Crippen LogP contribution in [0, 0.1) is 13.8 Å². The Kier molecular flexibility index (Phi) is 6.04. The molecule has 2 atom stereocenters. The van der Waals surface area contributed by atoms with Gasteiger partial charge in [0.25, 0.3) is 0 Å². The maximum Gasteiger partial charge on any atom is 0.220 e. The van der Waals surface area contributed by atoms with Crippen LogP contribution in [0.15, 0.2) is 36.4 Å². The number of Topliss-reactive ketones (excluding diaryl/α,β-unsaturated/α-hetero) is 1. The lowest BCUT2D eigenvalue weighted by Crippen LogP contribution is -2.40. The van der Waals surface area contributed by atoms with Gasteiger partial charge >= 0.3 is 0 Å². The summed E-state index contributed by atoms with van der Waals surface area (Å²) in [6, 6.07) is 12.4. The van der Waals surface area contributed by atoms with Crippen LogP contribution in [0.3, 0.4) is 0 Å². The fourth-order valence-corrected chi connectivity index (χ4v) is 4.24. The van der Waals surface area contributed by atoms with E-state index < -0.39 is 0 Å². The average Bonchev–Trinajstić information content (AvgIpc) is 3.18. The minimum Gasteiger partial charge on any atom is -0.351 e. The molecule has 5 heteroatoms. The molecule has 2 heterocycles. The Labute approximate surface area is 167 Å². The summed E-state index contributed by atoms with van der Waals surface area (Å²) in [5.74, 6) is 0.234. The van der Waals surface area contributed by atoms with Crippen molar-refractivity contribution in [3.8, 4) is 0 Å². The summed E-state index contributed by atoms with van der Waals surface area (Å²) in [5.41, 5.74) is 4.72. The monoisotopic (exact) mass is 381 g/mol. The first-order chi connectivity index (χ1) is 13.3. The summed E-state index contributed by atoms with van der Waals surface area (Å²) in [6.07, 6.45) is 0.699. The number of rotatable bonds is 6. The highest BCUT2D eigenvalue weighted by Gasteiger charge is 2.38. The third-order valence-electron chi connectivity index (χ3n) is 5.97. The molecule has 0 radical (unpaired) electrons. The SMILES string of the molecule is CC(=O)C1CC(N(Cc2cccc(C)c2)C(C)=O)CN1Cc1ccc(C)n1C. The van der Waals surface area contributed by atoms with Gasteiger partial charge in [-0.3, -0.25) is 14.5 Å². The van der Waals surface area contributed by atoms with Crippen LogP contribution >= 0.6 is 0 Å². The Balaban J connectivity index is 1.79. The Morgan fingerprint density at radius 1 is 1.14 bits per heavy atom. The second-order valence-corrected chi connectivity index (χ2v) is 8.11. The molecule has 1 aliphatic rings. The molecule has 1 aromatic carbocycles. The lowest BCUT2D eigenvalue weighted by atomic mass is 10.1. The average molecular weight is 382 g/mol. The number of aryl methyl sites for hydroxylation is 2. The molecule has 5 nitrogen and oxygen atoms in total. The third-order valence-corrected chi connectivity index (χ3v) is 5.97. The number of carbonyl (C=O) groups excluding carboxylic acids is 2. The predicted molar refractivity (Wildman–Crippen MR) is 111 cm³/mol. The second-order valence-electron chi connectivity index (χ2n) is 8.11. The minimum absolute atomic E-state index is 0.0493. The number of hydrogen-bond acceptors (Lipinski definition) is 3. The lowest BCUT2D eigenvalue weighted by molar-refractivity contribution is -0.131. The molecule has 0 N–H and O–H groups in total. The number of nitrogens with zero attached hydrogens (tertiary/aromatic N) is 3. The molecule has 1 aliphatic heterocycles. The number of benzene rings is 1. The van der Waals surface area contributed by atoms with E-state index >= 15 is 0 Å². The van der Waals surface area contributed by atoms with Gasteiger partial charge in [0.2, 0.25) is 5.91 Å². The number of aromatic nitrogens is 1. The molecule has 150 valence electrons. The van der Waals surface area contributed by atoms with E-state index in [2.05, 4.69) is 60.7 Å². The van der Waals surface area contributed by atoms with Gasteiger partial charge in [0.05, 0.1) is 6.04 Å². The molecule has 0 aliphatic carbocycles. The highest BCUT2D eigenvalue weighted by atomic mass is 16.2. The Bertz CT molecular complexity index is 870. The largest absolute Gasteiger partial charge is 0.351 e. The Morgan fingerprint density at radius 3 is 2.46 bits per heavy atom. The van der Waals surface area contributed by atoms with Crippen molar-refractivity contribution in [3.05, 3.63) is 58.9 Å². The van der Waals surface area contributed by atoms with E-state index in [4.69, 9.17) is 0 Å². The first-order valence-electron chi connectivity index (χ1n) is 9.94. The van der Waals surface area contributed by atoms with Crippen LogP contribution in [0.2, 0.25) is 0 Å². The summed E-state index contributed by atoms with van der Waals surface area (Å²) < 4.78 is 2.17. The van der Waals surface area contributed by atoms with Crippen molar-refractivity contribution in [2.24, 2.45) is 7.05 Å². The van der Waals surface area contributed by atoms with Gasteiger partial charge in [-0.2, -0.15) is 0 Å².